The normalized spacial score (nSPS) is 45.2. The van der Waals surface area contributed by atoms with Crippen molar-refractivity contribution in [1.82, 2.24) is 0 Å². The van der Waals surface area contributed by atoms with Gasteiger partial charge in [0.05, 0.1) is 0 Å². The van der Waals surface area contributed by atoms with Crippen molar-refractivity contribution >= 4 is 0 Å². The molecule has 6 atom stereocenters. The fraction of sp³-hybridized carbons (Fsp3) is 1.00. The van der Waals surface area contributed by atoms with Crippen LogP contribution in [0, 0.1) is 35.5 Å². The lowest BCUT2D eigenvalue weighted by Gasteiger charge is -2.23. The molecule has 0 aromatic carbocycles. The smallest absolute Gasteiger partial charge is 0.0324 e. The third-order valence-corrected chi connectivity index (χ3v) is 5.51. The van der Waals surface area contributed by atoms with Crippen LogP contribution in [0.15, 0.2) is 0 Å². The molecule has 15 heavy (non-hydrogen) atoms. The molecule has 2 fully saturated rings. The van der Waals surface area contributed by atoms with Crippen LogP contribution in [0.3, 0.4) is 0 Å². The van der Waals surface area contributed by atoms with E-state index in [0.717, 1.165) is 35.5 Å². The molecule has 2 aliphatic rings. The van der Waals surface area contributed by atoms with Gasteiger partial charge in [-0.05, 0) is 48.3 Å². The highest BCUT2D eigenvalue weighted by Gasteiger charge is 2.57. The second kappa shape index (κ2) is 4.47. The average molecular weight is 208 g/mol. The van der Waals surface area contributed by atoms with Crippen LogP contribution >= 0.6 is 0 Å². The molecule has 2 rings (SSSR count). The molecule has 0 aliphatic heterocycles. The lowest BCUT2D eigenvalue weighted by atomic mass is 9.82. The van der Waals surface area contributed by atoms with Gasteiger partial charge >= 0.3 is 0 Å². The van der Waals surface area contributed by atoms with Crippen LogP contribution in [0.5, 0.6) is 0 Å². The van der Waals surface area contributed by atoms with Crippen LogP contribution in [0.2, 0.25) is 0 Å². The number of hydrogen-bond acceptors (Lipinski definition) is 0. The van der Waals surface area contributed by atoms with Crippen LogP contribution in [-0.4, -0.2) is 0 Å². The summed E-state index contributed by atoms with van der Waals surface area (Å²) in [4.78, 5) is 0. The van der Waals surface area contributed by atoms with Crippen molar-refractivity contribution < 1.29 is 0 Å². The Balaban J connectivity index is 1.79. The summed E-state index contributed by atoms with van der Waals surface area (Å²) in [7, 11) is 0. The van der Waals surface area contributed by atoms with Gasteiger partial charge in [0.2, 0.25) is 0 Å². The molecule has 0 nitrogen and oxygen atoms in total. The van der Waals surface area contributed by atoms with Gasteiger partial charge in [0, 0.05) is 0 Å². The summed E-state index contributed by atoms with van der Waals surface area (Å²) in [5.74, 6) is 6.49. The minimum absolute atomic E-state index is 0.955. The van der Waals surface area contributed by atoms with Gasteiger partial charge in [-0.3, -0.25) is 0 Å². The first kappa shape index (κ1) is 11.5. The second-order valence-corrected chi connectivity index (χ2v) is 6.26. The lowest BCUT2D eigenvalue weighted by molar-refractivity contribution is 0.268. The summed E-state index contributed by atoms with van der Waals surface area (Å²) in [6.45, 7) is 9.63. The van der Waals surface area contributed by atoms with E-state index in [-0.39, 0.29) is 0 Å². The zero-order chi connectivity index (χ0) is 11.0. The minimum Gasteiger partial charge on any atom is -0.0651 e. The summed E-state index contributed by atoms with van der Waals surface area (Å²) < 4.78 is 0. The van der Waals surface area contributed by atoms with Crippen LogP contribution in [-0.2, 0) is 0 Å². The van der Waals surface area contributed by atoms with Gasteiger partial charge in [-0.2, -0.15) is 0 Å². The molecule has 88 valence electrons. The van der Waals surface area contributed by atoms with E-state index < -0.39 is 0 Å². The van der Waals surface area contributed by atoms with Crippen molar-refractivity contribution in [3.63, 3.8) is 0 Å². The molecular formula is C15H28. The Kier molecular flexibility index (Phi) is 3.42. The number of hydrogen-bond donors (Lipinski definition) is 0. The van der Waals surface area contributed by atoms with Crippen LogP contribution in [0.1, 0.15) is 59.8 Å². The van der Waals surface area contributed by atoms with E-state index in [1.54, 1.807) is 6.42 Å². The average Bonchev–Trinajstić information content (AvgIpc) is 2.74. The summed E-state index contributed by atoms with van der Waals surface area (Å²) in [6.07, 6.45) is 7.38. The maximum Gasteiger partial charge on any atom is -0.0324 e. The molecule has 2 saturated carbocycles. The van der Waals surface area contributed by atoms with Gasteiger partial charge in [0.1, 0.15) is 0 Å². The Hall–Kier alpha value is 0. The van der Waals surface area contributed by atoms with E-state index >= 15 is 0 Å². The van der Waals surface area contributed by atoms with E-state index in [1.807, 2.05) is 0 Å². The number of rotatable bonds is 5. The Morgan fingerprint density at radius 1 is 1.27 bits per heavy atom. The van der Waals surface area contributed by atoms with Crippen LogP contribution in [0.25, 0.3) is 0 Å². The van der Waals surface area contributed by atoms with Gasteiger partial charge in [0.15, 0.2) is 0 Å². The fourth-order valence-electron chi connectivity index (χ4n) is 4.14. The van der Waals surface area contributed by atoms with E-state index in [0.29, 0.717) is 0 Å². The van der Waals surface area contributed by atoms with Crippen LogP contribution in [0.4, 0.5) is 0 Å². The van der Waals surface area contributed by atoms with Gasteiger partial charge in [0.25, 0.3) is 0 Å². The summed E-state index contributed by atoms with van der Waals surface area (Å²) in [5, 5.41) is 0. The first-order valence-electron chi connectivity index (χ1n) is 7.19. The molecular weight excluding hydrogens is 180 g/mol. The van der Waals surface area contributed by atoms with Gasteiger partial charge in [-0.1, -0.05) is 47.0 Å². The third kappa shape index (κ3) is 2.10. The Labute approximate surface area is 95.8 Å². The molecule has 0 heterocycles. The standard InChI is InChI=1S/C15H28/c1-5-10(3)7-8-12-9-14-11(4)15(14)13(12)6-2/h10-15H,5-9H2,1-4H3. The molecule has 0 heteroatoms. The zero-order valence-electron chi connectivity index (χ0n) is 11.0. The largest absolute Gasteiger partial charge is 0.0651 e. The van der Waals surface area contributed by atoms with Crippen molar-refractivity contribution in [2.45, 2.75) is 59.8 Å². The maximum absolute atomic E-state index is 2.48. The molecule has 0 spiro atoms. The number of fused-ring (bicyclic) bond motifs is 1. The highest BCUT2D eigenvalue weighted by Crippen LogP contribution is 2.64. The van der Waals surface area contributed by atoms with Crippen molar-refractivity contribution in [1.29, 1.82) is 0 Å². The van der Waals surface area contributed by atoms with E-state index in [1.165, 1.54) is 25.7 Å². The SMILES string of the molecule is CCC(C)CCC1CC2C(C)C2C1CC. The zero-order valence-corrected chi connectivity index (χ0v) is 11.0. The van der Waals surface area contributed by atoms with Crippen LogP contribution < -0.4 is 0 Å². The third-order valence-electron chi connectivity index (χ3n) is 5.51. The lowest BCUT2D eigenvalue weighted by Crippen LogP contribution is -2.14. The van der Waals surface area contributed by atoms with Crippen molar-refractivity contribution in [3.8, 4) is 0 Å². The molecule has 0 saturated heterocycles. The quantitative estimate of drug-likeness (QED) is 0.612. The second-order valence-electron chi connectivity index (χ2n) is 6.26. The summed E-state index contributed by atoms with van der Waals surface area (Å²) in [6, 6.07) is 0. The maximum atomic E-state index is 2.48. The summed E-state index contributed by atoms with van der Waals surface area (Å²) in [5.41, 5.74) is 0. The Morgan fingerprint density at radius 3 is 2.60 bits per heavy atom. The van der Waals surface area contributed by atoms with Crippen molar-refractivity contribution in [3.05, 3.63) is 0 Å². The van der Waals surface area contributed by atoms with Gasteiger partial charge < -0.3 is 0 Å². The summed E-state index contributed by atoms with van der Waals surface area (Å²) >= 11 is 0. The highest BCUT2D eigenvalue weighted by atomic mass is 14.6. The minimum atomic E-state index is 0.955. The first-order valence-corrected chi connectivity index (χ1v) is 7.19. The molecule has 0 radical (unpaired) electrons. The predicted octanol–water partition coefficient (Wildman–Crippen LogP) is 4.74. The van der Waals surface area contributed by atoms with Crippen molar-refractivity contribution in [2.75, 3.05) is 0 Å². The Morgan fingerprint density at radius 2 is 2.00 bits per heavy atom. The fourth-order valence-corrected chi connectivity index (χ4v) is 4.14. The van der Waals surface area contributed by atoms with Gasteiger partial charge in [-0.15, -0.1) is 0 Å². The van der Waals surface area contributed by atoms with Crippen molar-refractivity contribution in [2.24, 2.45) is 35.5 Å². The molecule has 0 N–H and O–H groups in total. The predicted molar refractivity (Wildman–Crippen MR) is 66.7 cm³/mol. The Bertz CT molecular complexity index is 208. The van der Waals surface area contributed by atoms with E-state index in [4.69, 9.17) is 0 Å². The molecule has 0 aromatic heterocycles. The highest BCUT2D eigenvalue weighted by molar-refractivity contribution is 5.06. The topological polar surface area (TPSA) is 0 Å². The van der Waals surface area contributed by atoms with E-state index in [9.17, 15) is 0 Å². The van der Waals surface area contributed by atoms with Gasteiger partial charge in [-0.25, -0.2) is 0 Å². The first-order chi connectivity index (χ1) is 7.19. The molecule has 2 aliphatic carbocycles. The molecule has 6 unspecified atom stereocenters. The molecule has 0 amide bonds. The van der Waals surface area contributed by atoms with E-state index in [2.05, 4.69) is 27.7 Å². The molecule has 0 bridgehead atoms. The molecule has 0 aromatic rings. The monoisotopic (exact) mass is 208 g/mol.